The lowest BCUT2D eigenvalue weighted by Gasteiger charge is -2.13. The molecule has 7 aromatic rings. The van der Waals surface area contributed by atoms with Crippen LogP contribution in [0.5, 0.6) is 0 Å². The van der Waals surface area contributed by atoms with Crippen LogP contribution in [0.3, 0.4) is 0 Å². The van der Waals surface area contributed by atoms with E-state index < -0.39 is 23.7 Å². The van der Waals surface area contributed by atoms with Crippen molar-refractivity contribution in [1.82, 2.24) is 34.0 Å². The van der Waals surface area contributed by atoms with E-state index in [0.29, 0.717) is 47.0 Å². The zero-order valence-electron chi connectivity index (χ0n) is 36.1. The SMILES string of the molecule is C.Cn1cc2c(c1C(=O)Nc1ccc(F)c(Cl)c1)CCC2N.Cn1cc2c(c1C(=O)Nc1ccc(F)c(Cl)c1)CCC2NC(=O)OCc1ccccn1.O=C(OCn1ccnc1)c1ccccn1. The van der Waals surface area contributed by atoms with Gasteiger partial charge in [-0.15, -0.1) is 0 Å². The molecule has 2 aliphatic carbocycles. The highest BCUT2D eigenvalue weighted by atomic mass is 35.5. The third kappa shape index (κ3) is 12.3. The zero-order valence-corrected chi connectivity index (χ0v) is 37.6. The van der Waals surface area contributed by atoms with Gasteiger partial charge in [0, 0.05) is 68.7 Å². The number of hydrogen-bond donors (Lipinski definition) is 4. The summed E-state index contributed by atoms with van der Waals surface area (Å²) < 4.78 is 41.9. The van der Waals surface area contributed by atoms with Crippen LogP contribution in [0.25, 0.3) is 0 Å². The lowest BCUT2D eigenvalue weighted by Crippen LogP contribution is -2.27. The molecule has 0 bridgehead atoms. The van der Waals surface area contributed by atoms with Crippen molar-refractivity contribution < 1.29 is 37.4 Å². The van der Waals surface area contributed by atoms with Crippen molar-refractivity contribution in [1.29, 1.82) is 0 Å². The molecule has 0 saturated heterocycles. The minimum absolute atomic E-state index is 0. The number of pyridine rings is 2. The second kappa shape index (κ2) is 22.9. The fourth-order valence-corrected chi connectivity index (χ4v) is 7.94. The third-order valence-corrected chi connectivity index (χ3v) is 11.3. The number of esters is 1. The summed E-state index contributed by atoms with van der Waals surface area (Å²) in [5.41, 5.74) is 12.7. The number of benzene rings is 2. The molecule has 5 heterocycles. The lowest BCUT2D eigenvalue weighted by molar-refractivity contribution is 0.0364. The molecule has 5 N–H and O–H groups in total. The number of carbonyl (C=O) groups excluding carboxylic acids is 4. The van der Waals surface area contributed by atoms with E-state index >= 15 is 0 Å². The quantitative estimate of drug-likeness (QED) is 0.0958. The van der Waals surface area contributed by atoms with Gasteiger partial charge in [-0.2, -0.15) is 0 Å². The van der Waals surface area contributed by atoms with E-state index in [1.807, 2.05) is 25.5 Å². The average Bonchev–Trinajstić information content (AvgIpc) is 4.17. The summed E-state index contributed by atoms with van der Waals surface area (Å²) in [5.74, 6) is -2.08. The summed E-state index contributed by atoms with van der Waals surface area (Å²) in [6, 6.07) is 18.3. The van der Waals surface area contributed by atoms with E-state index in [4.69, 9.17) is 38.4 Å². The number of rotatable bonds is 10. The van der Waals surface area contributed by atoms with Crippen molar-refractivity contribution >= 4 is 58.5 Å². The number of hydrogen-bond acceptors (Lipinski definition) is 10. The summed E-state index contributed by atoms with van der Waals surface area (Å²) in [6.07, 6.45) is 14.2. The molecule has 0 fully saturated rings. The Morgan fingerprint density at radius 3 is 1.91 bits per heavy atom. The lowest BCUT2D eigenvalue weighted by atomic mass is 10.1. The molecule has 0 saturated carbocycles. The second-order valence-corrected chi connectivity index (χ2v) is 16.2. The van der Waals surface area contributed by atoms with E-state index in [2.05, 4.69) is 30.9 Å². The van der Waals surface area contributed by atoms with Crippen LogP contribution in [0, 0.1) is 11.6 Å². The second-order valence-electron chi connectivity index (χ2n) is 15.3. The van der Waals surface area contributed by atoms with Gasteiger partial charge in [0.1, 0.15) is 35.3 Å². The van der Waals surface area contributed by atoms with E-state index in [-0.39, 0.29) is 54.7 Å². The maximum Gasteiger partial charge on any atom is 0.408 e. The molecule has 354 valence electrons. The summed E-state index contributed by atoms with van der Waals surface area (Å²) in [7, 11) is 3.58. The summed E-state index contributed by atoms with van der Waals surface area (Å²) >= 11 is 11.5. The minimum Gasteiger partial charge on any atom is -0.443 e. The Morgan fingerprint density at radius 2 is 1.35 bits per heavy atom. The third-order valence-electron chi connectivity index (χ3n) is 10.7. The van der Waals surface area contributed by atoms with Gasteiger partial charge in [0.25, 0.3) is 11.8 Å². The van der Waals surface area contributed by atoms with Gasteiger partial charge < -0.3 is 44.9 Å². The number of nitrogens with zero attached hydrogens (tertiary/aromatic N) is 6. The van der Waals surface area contributed by atoms with Gasteiger partial charge >= 0.3 is 12.1 Å². The number of anilines is 2. The predicted molar refractivity (Wildman–Crippen MR) is 252 cm³/mol. The molecule has 5 aromatic heterocycles. The number of carbonyl (C=O) groups is 4. The summed E-state index contributed by atoms with van der Waals surface area (Å²) in [5, 5.41) is 8.26. The number of aryl methyl sites for hydroxylation is 2. The molecule has 0 aliphatic heterocycles. The first kappa shape index (κ1) is 50.0. The number of halogens is 4. The fraction of sp³-hybridized carbons (Fsp3) is 0.229. The van der Waals surface area contributed by atoms with Crippen molar-refractivity contribution in [2.75, 3.05) is 10.6 Å². The number of nitrogens with one attached hydrogen (secondary N) is 3. The maximum atomic E-state index is 13.4. The van der Waals surface area contributed by atoms with Crippen molar-refractivity contribution in [3.05, 3.63) is 183 Å². The van der Waals surface area contributed by atoms with Crippen LogP contribution in [-0.2, 0) is 49.7 Å². The van der Waals surface area contributed by atoms with E-state index in [1.165, 1.54) is 36.4 Å². The van der Waals surface area contributed by atoms with Gasteiger partial charge in [0.05, 0.1) is 28.1 Å². The number of amides is 3. The standard InChI is InChI=1S/C22H20ClFN4O3.C15H15ClFN3O.C10H9N3O2.CH4/c1-28-11-16-15(20(28)21(29)26-13-5-7-18(24)17(23)10-13)6-8-19(16)27-22(30)31-12-14-4-2-3-9-25-14;1-20-7-10-9(3-5-13(10)18)14(20)15(21)19-8-2-4-12(17)11(16)6-8;14-10(9-3-1-2-4-12-9)15-8-13-6-5-11-7-13;/h2-5,7,9-11,19H,6,8,12H2,1H3,(H,26,29)(H,27,30);2,4,6-7,13H,3,5,18H2,1H3,(H,19,21);1-7H,8H2;1H4. The Balaban J connectivity index is 0.000000178. The Labute approximate surface area is 400 Å². The first-order chi connectivity index (χ1) is 32.2. The molecule has 2 aliphatic rings. The molecule has 0 radical (unpaired) electrons. The molecule has 0 spiro atoms. The number of aromatic nitrogens is 6. The van der Waals surface area contributed by atoms with Crippen LogP contribution in [0.1, 0.15) is 91.8 Å². The van der Waals surface area contributed by atoms with Crippen molar-refractivity contribution in [2.24, 2.45) is 19.8 Å². The molecule has 2 unspecified atom stereocenters. The van der Waals surface area contributed by atoms with Crippen LogP contribution >= 0.6 is 23.2 Å². The largest absolute Gasteiger partial charge is 0.443 e. The first-order valence-corrected chi connectivity index (χ1v) is 21.5. The highest BCUT2D eigenvalue weighted by Gasteiger charge is 2.32. The maximum absolute atomic E-state index is 13.4. The van der Waals surface area contributed by atoms with E-state index in [1.54, 1.807) is 82.2 Å². The Bertz CT molecular complexity index is 2880. The van der Waals surface area contributed by atoms with Gasteiger partial charge in [0.2, 0.25) is 0 Å². The number of fused-ring (bicyclic) bond motifs is 2. The Morgan fingerprint density at radius 1 is 0.765 bits per heavy atom. The number of nitrogens with two attached hydrogens (primary N) is 1. The van der Waals surface area contributed by atoms with E-state index in [0.717, 1.165) is 35.1 Å². The fourth-order valence-electron chi connectivity index (χ4n) is 7.58. The molecule has 2 atom stereocenters. The average molecular weight is 970 g/mol. The van der Waals surface area contributed by atoms with Crippen molar-refractivity contribution in [3.63, 3.8) is 0 Å². The van der Waals surface area contributed by atoms with Crippen LogP contribution < -0.4 is 21.7 Å². The van der Waals surface area contributed by atoms with Gasteiger partial charge in [-0.05, 0) is 109 Å². The molecule has 20 heteroatoms. The number of ether oxygens (including phenoxy) is 2. The molecule has 9 rings (SSSR count). The Kier molecular flexibility index (Phi) is 16.8. The highest BCUT2D eigenvalue weighted by Crippen LogP contribution is 2.36. The van der Waals surface area contributed by atoms with Gasteiger partial charge in [-0.1, -0.05) is 42.8 Å². The molecule has 16 nitrogen and oxygen atoms in total. The molecule has 3 amide bonds. The van der Waals surface area contributed by atoms with Crippen LogP contribution in [-0.4, -0.2) is 52.5 Å². The van der Waals surface area contributed by atoms with Gasteiger partial charge in [-0.3, -0.25) is 14.6 Å². The van der Waals surface area contributed by atoms with Crippen LogP contribution in [0.2, 0.25) is 10.0 Å². The monoisotopic (exact) mass is 968 g/mol. The Hall–Kier alpha value is -7.41. The molecule has 2 aromatic carbocycles. The van der Waals surface area contributed by atoms with Gasteiger partial charge in [0.15, 0.2) is 6.73 Å². The summed E-state index contributed by atoms with van der Waals surface area (Å²) in [4.78, 5) is 60.8. The normalized spacial score (nSPS) is 14.1. The van der Waals surface area contributed by atoms with Crippen molar-refractivity contribution in [2.45, 2.75) is 58.5 Å². The van der Waals surface area contributed by atoms with Gasteiger partial charge in [-0.25, -0.2) is 28.3 Å². The molecular weight excluding hydrogens is 921 g/mol. The number of imidazole rings is 1. The smallest absolute Gasteiger partial charge is 0.408 e. The van der Waals surface area contributed by atoms with Crippen LogP contribution in [0.15, 0.2) is 116 Å². The summed E-state index contributed by atoms with van der Waals surface area (Å²) in [6.45, 7) is 0.227. The van der Waals surface area contributed by atoms with E-state index in [9.17, 15) is 28.0 Å². The zero-order chi connectivity index (χ0) is 47.6. The predicted octanol–water partition coefficient (Wildman–Crippen LogP) is 9.12. The topological polar surface area (TPSA) is 202 Å². The first-order valence-electron chi connectivity index (χ1n) is 20.8. The molecule has 68 heavy (non-hydrogen) atoms. The van der Waals surface area contributed by atoms with Crippen LogP contribution in [0.4, 0.5) is 25.0 Å². The number of alkyl carbamates (subject to hydrolysis) is 1. The highest BCUT2D eigenvalue weighted by molar-refractivity contribution is 6.31. The van der Waals surface area contributed by atoms with Crippen molar-refractivity contribution in [3.8, 4) is 0 Å². The molecular formula is C48H48Cl2F2N10O6. The minimum atomic E-state index is -0.553.